The Labute approximate surface area is 203 Å². The van der Waals surface area contributed by atoms with Gasteiger partial charge in [0.2, 0.25) is 23.5 Å². The molecule has 1 aromatic carbocycles. The molecule has 0 bridgehead atoms. The first-order chi connectivity index (χ1) is 16.8. The van der Waals surface area contributed by atoms with Crippen LogP contribution in [0.1, 0.15) is 56.0 Å². The third-order valence-electron chi connectivity index (χ3n) is 6.03. The Morgan fingerprint density at radius 2 is 1.80 bits per heavy atom. The highest BCUT2D eigenvalue weighted by Crippen LogP contribution is 2.29. The van der Waals surface area contributed by atoms with Crippen LogP contribution < -0.4 is 10.6 Å². The number of nitrogens with one attached hydrogen (secondary N) is 2. The van der Waals surface area contributed by atoms with Crippen LogP contribution in [0.2, 0.25) is 0 Å². The Hall–Kier alpha value is -3.95. The molecule has 1 saturated heterocycles. The van der Waals surface area contributed by atoms with Gasteiger partial charge in [0, 0.05) is 37.2 Å². The molecule has 10 nitrogen and oxygen atoms in total. The summed E-state index contributed by atoms with van der Waals surface area (Å²) in [7, 11) is 0. The quantitative estimate of drug-likeness (QED) is 0.531. The standard InChI is InChI=1S/C25H29N5O5/c1-15(2)21(27-23(32)20-5-4-14-34-20)25(33)30-12-10-18(11-13-30)24-28-22(29-35-24)17-6-8-19(9-7-17)26-16(3)31/h4-9,14-15,18,21H,10-13H2,1-3H3,(H,26,31)(H,27,32)/t21-/m0/s1. The number of carbonyl (C=O) groups excluding carboxylic acids is 3. The lowest BCUT2D eigenvalue weighted by Gasteiger charge is -2.34. The van der Waals surface area contributed by atoms with E-state index in [9.17, 15) is 14.4 Å². The molecule has 0 spiro atoms. The number of nitrogens with zero attached hydrogens (tertiary/aromatic N) is 3. The van der Waals surface area contributed by atoms with E-state index in [-0.39, 0.29) is 29.4 Å². The molecule has 0 unspecified atom stereocenters. The summed E-state index contributed by atoms with van der Waals surface area (Å²) in [5.41, 5.74) is 1.48. The minimum absolute atomic E-state index is 0.0502. The van der Waals surface area contributed by atoms with Gasteiger partial charge >= 0.3 is 0 Å². The van der Waals surface area contributed by atoms with Crippen LogP contribution in [0.5, 0.6) is 0 Å². The summed E-state index contributed by atoms with van der Waals surface area (Å²) < 4.78 is 10.7. The minimum Gasteiger partial charge on any atom is -0.459 e. The molecule has 1 aliphatic rings. The maximum atomic E-state index is 13.2. The number of likely N-dealkylation sites (tertiary alicyclic amines) is 1. The Bertz CT molecular complexity index is 1160. The van der Waals surface area contributed by atoms with Gasteiger partial charge in [-0.15, -0.1) is 0 Å². The molecule has 0 radical (unpaired) electrons. The molecule has 3 heterocycles. The van der Waals surface area contributed by atoms with Crippen molar-refractivity contribution in [1.82, 2.24) is 20.4 Å². The number of anilines is 1. The Balaban J connectivity index is 1.35. The van der Waals surface area contributed by atoms with E-state index in [1.54, 1.807) is 29.2 Å². The molecule has 35 heavy (non-hydrogen) atoms. The van der Waals surface area contributed by atoms with Gasteiger partial charge in [-0.1, -0.05) is 19.0 Å². The molecule has 1 atom stereocenters. The highest BCUT2D eigenvalue weighted by Gasteiger charge is 2.33. The van der Waals surface area contributed by atoms with Crippen LogP contribution in [0.25, 0.3) is 11.4 Å². The van der Waals surface area contributed by atoms with Crippen LogP contribution in [0.4, 0.5) is 5.69 Å². The maximum absolute atomic E-state index is 13.2. The van der Waals surface area contributed by atoms with Crippen LogP contribution >= 0.6 is 0 Å². The molecule has 0 aliphatic carbocycles. The topological polar surface area (TPSA) is 131 Å². The third kappa shape index (κ3) is 5.76. The van der Waals surface area contributed by atoms with Crippen molar-refractivity contribution in [1.29, 1.82) is 0 Å². The molecule has 3 aromatic rings. The summed E-state index contributed by atoms with van der Waals surface area (Å²) >= 11 is 0. The fourth-order valence-corrected chi connectivity index (χ4v) is 4.10. The number of hydrogen-bond donors (Lipinski definition) is 2. The number of amides is 3. The van der Waals surface area contributed by atoms with Gasteiger partial charge in [0.05, 0.1) is 6.26 Å². The van der Waals surface area contributed by atoms with E-state index in [1.165, 1.54) is 13.2 Å². The molecule has 1 fully saturated rings. The number of furan rings is 1. The zero-order valence-corrected chi connectivity index (χ0v) is 20.0. The van der Waals surface area contributed by atoms with Crippen molar-refractivity contribution >= 4 is 23.4 Å². The van der Waals surface area contributed by atoms with Crippen molar-refractivity contribution in [3.63, 3.8) is 0 Å². The van der Waals surface area contributed by atoms with Gasteiger partial charge in [-0.2, -0.15) is 4.98 Å². The van der Waals surface area contributed by atoms with E-state index in [1.807, 2.05) is 26.0 Å². The van der Waals surface area contributed by atoms with Crippen LogP contribution in [-0.4, -0.2) is 51.9 Å². The van der Waals surface area contributed by atoms with Gasteiger partial charge in [-0.05, 0) is 55.2 Å². The fraction of sp³-hybridized carbons (Fsp3) is 0.400. The summed E-state index contributed by atoms with van der Waals surface area (Å²) in [5.74, 6) is 0.536. The molecule has 2 aromatic heterocycles. The summed E-state index contributed by atoms with van der Waals surface area (Å²) in [6.45, 7) is 6.33. The SMILES string of the molecule is CC(=O)Nc1ccc(-c2noc(C3CCN(C(=O)[C@@H](NC(=O)c4ccco4)C(C)C)CC3)n2)cc1. The molecule has 10 heteroatoms. The lowest BCUT2D eigenvalue weighted by molar-refractivity contribution is -0.135. The molecule has 184 valence electrons. The lowest BCUT2D eigenvalue weighted by atomic mass is 9.95. The second-order valence-electron chi connectivity index (χ2n) is 8.99. The lowest BCUT2D eigenvalue weighted by Crippen LogP contribution is -2.52. The number of carbonyl (C=O) groups is 3. The summed E-state index contributed by atoms with van der Waals surface area (Å²) in [6.07, 6.45) is 2.80. The predicted octanol–water partition coefficient (Wildman–Crippen LogP) is 3.45. The van der Waals surface area contributed by atoms with Crippen molar-refractivity contribution in [2.24, 2.45) is 5.92 Å². The van der Waals surface area contributed by atoms with Gasteiger partial charge in [-0.3, -0.25) is 14.4 Å². The maximum Gasteiger partial charge on any atom is 0.287 e. The second kappa shape index (κ2) is 10.5. The van der Waals surface area contributed by atoms with Gasteiger partial charge in [0.25, 0.3) is 5.91 Å². The highest BCUT2D eigenvalue weighted by atomic mass is 16.5. The summed E-state index contributed by atoms with van der Waals surface area (Å²) in [6, 6.07) is 9.78. The molecule has 0 saturated carbocycles. The van der Waals surface area contributed by atoms with Gasteiger partial charge < -0.3 is 24.5 Å². The zero-order valence-electron chi connectivity index (χ0n) is 20.0. The smallest absolute Gasteiger partial charge is 0.287 e. The number of hydrogen-bond acceptors (Lipinski definition) is 7. The number of aromatic nitrogens is 2. The van der Waals surface area contributed by atoms with Crippen LogP contribution in [0, 0.1) is 5.92 Å². The van der Waals surface area contributed by atoms with E-state index >= 15 is 0 Å². The second-order valence-corrected chi connectivity index (χ2v) is 8.99. The van der Waals surface area contributed by atoms with Crippen molar-refractivity contribution in [2.75, 3.05) is 18.4 Å². The van der Waals surface area contributed by atoms with Gasteiger partial charge in [0.1, 0.15) is 6.04 Å². The normalized spacial score (nSPS) is 15.1. The average Bonchev–Trinajstić information content (AvgIpc) is 3.55. The van der Waals surface area contributed by atoms with Crippen LogP contribution in [0.15, 0.2) is 51.6 Å². The molecular weight excluding hydrogens is 450 g/mol. The third-order valence-corrected chi connectivity index (χ3v) is 6.03. The highest BCUT2D eigenvalue weighted by molar-refractivity contribution is 5.95. The average molecular weight is 480 g/mol. The van der Waals surface area contributed by atoms with Crippen molar-refractivity contribution < 1.29 is 23.3 Å². The first kappa shape index (κ1) is 24.2. The zero-order chi connectivity index (χ0) is 24.9. The van der Waals surface area contributed by atoms with E-state index in [2.05, 4.69) is 20.8 Å². The molecule has 1 aliphatic heterocycles. The molecule has 2 N–H and O–H groups in total. The van der Waals surface area contributed by atoms with E-state index in [0.717, 1.165) is 5.56 Å². The summed E-state index contributed by atoms with van der Waals surface area (Å²) in [5, 5.41) is 9.63. The monoisotopic (exact) mass is 479 g/mol. The van der Waals surface area contributed by atoms with Crippen molar-refractivity contribution in [3.8, 4) is 11.4 Å². The van der Waals surface area contributed by atoms with E-state index in [0.29, 0.717) is 43.3 Å². The van der Waals surface area contributed by atoms with Crippen LogP contribution in [-0.2, 0) is 9.59 Å². The Morgan fingerprint density at radius 1 is 1.09 bits per heavy atom. The molecule has 3 amide bonds. The largest absolute Gasteiger partial charge is 0.459 e. The van der Waals surface area contributed by atoms with Crippen molar-refractivity contribution in [3.05, 3.63) is 54.3 Å². The van der Waals surface area contributed by atoms with Gasteiger partial charge in [0.15, 0.2) is 5.76 Å². The number of piperidine rings is 1. The Kier molecular flexibility index (Phi) is 7.28. The molecule has 4 rings (SSSR count). The van der Waals surface area contributed by atoms with E-state index < -0.39 is 11.9 Å². The van der Waals surface area contributed by atoms with Gasteiger partial charge in [-0.25, -0.2) is 0 Å². The minimum atomic E-state index is -0.639. The van der Waals surface area contributed by atoms with Crippen molar-refractivity contribution in [2.45, 2.75) is 45.6 Å². The predicted molar refractivity (Wildman–Crippen MR) is 127 cm³/mol. The summed E-state index contributed by atoms with van der Waals surface area (Å²) in [4.78, 5) is 43.1. The van der Waals surface area contributed by atoms with E-state index in [4.69, 9.17) is 8.94 Å². The number of rotatable bonds is 7. The fourth-order valence-electron chi connectivity index (χ4n) is 4.10. The van der Waals surface area contributed by atoms with Crippen LogP contribution in [0.3, 0.4) is 0 Å². The Morgan fingerprint density at radius 3 is 2.40 bits per heavy atom. The number of benzene rings is 1. The first-order valence-corrected chi connectivity index (χ1v) is 11.7. The first-order valence-electron chi connectivity index (χ1n) is 11.7. The molecular formula is C25H29N5O5.